The van der Waals surface area contributed by atoms with Gasteiger partial charge in [0.2, 0.25) is 0 Å². The van der Waals surface area contributed by atoms with Crippen molar-refractivity contribution in [1.82, 2.24) is 0 Å². The second-order valence-corrected chi connectivity index (χ2v) is 7.49. The van der Waals surface area contributed by atoms with Gasteiger partial charge in [-0.2, -0.15) is 0 Å². The van der Waals surface area contributed by atoms with Gasteiger partial charge in [-0.05, 0) is 34.4 Å². The minimum atomic E-state index is -3.13. The Labute approximate surface area is 138 Å². The lowest BCUT2D eigenvalue weighted by Crippen LogP contribution is -2.44. The molecule has 0 aromatic heterocycles. The van der Waals surface area contributed by atoms with Crippen molar-refractivity contribution in [1.29, 1.82) is 0 Å². The van der Waals surface area contributed by atoms with Gasteiger partial charge in [0.25, 0.3) is 0 Å². The summed E-state index contributed by atoms with van der Waals surface area (Å²) in [4.78, 5) is 3.78. The molecule has 2 atom stereocenters. The first-order valence-electron chi connectivity index (χ1n) is 7.63. The third-order valence-electron chi connectivity index (χ3n) is 3.04. The first kappa shape index (κ1) is 22.7. The van der Waals surface area contributed by atoms with Gasteiger partial charge >= 0.3 is 7.60 Å². The second-order valence-electron chi connectivity index (χ2n) is 5.30. The predicted octanol–water partition coefficient (Wildman–Crippen LogP) is 1.44. The molecule has 0 rings (SSSR count). The molecule has 0 aliphatic rings. The molecule has 0 bridgehead atoms. The van der Waals surface area contributed by atoms with Gasteiger partial charge in [-0.15, -0.1) is 0 Å². The number of hydrogen-bond donors (Lipinski definition) is 2. The minimum Gasteiger partial charge on any atom is -0.394 e. The monoisotopic (exact) mass is 355 g/mol. The molecular formula is C14H30NO7P. The fourth-order valence-electron chi connectivity index (χ4n) is 1.69. The number of aliphatic hydroxyl groups is 2. The standard InChI is InChI=1S/C14H30NO7P/c1-6-20-23(18,21-7-2)9-8-19-11-13(15-5)22-14(3,4)12(17)10-16/h12-13,16-17H,5-11H2,1-4H3. The van der Waals surface area contributed by atoms with Crippen LogP contribution in [-0.4, -0.2) is 74.1 Å². The molecule has 0 aliphatic carbocycles. The van der Waals surface area contributed by atoms with E-state index < -0.39 is 32.1 Å². The number of rotatable bonds is 14. The molecule has 23 heavy (non-hydrogen) atoms. The SMILES string of the molecule is C=NC(COCCP(=O)(OCC)OCC)OC(C)(C)C(O)CO. The summed E-state index contributed by atoms with van der Waals surface area (Å²) in [6, 6.07) is 0. The summed E-state index contributed by atoms with van der Waals surface area (Å²) in [6.45, 7) is 10.5. The van der Waals surface area contributed by atoms with Gasteiger partial charge in [0.1, 0.15) is 6.10 Å². The van der Waals surface area contributed by atoms with Crippen LogP contribution in [0.1, 0.15) is 27.7 Å². The number of hydrogen-bond acceptors (Lipinski definition) is 8. The van der Waals surface area contributed by atoms with Crippen molar-refractivity contribution in [2.75, 3.05) is 39.2 Å². The zero-order chi connectivity index (χ0) is 17.9. The van der Waals surface area contributed by atoms with E-state index in [0.29, 0.717) is 13.2 Å². The molecule has 0 aromatic rings. The van der Waals surface area contributed by atoms with E-state index in [2.05, 4.69) is 11.7 Å². The third-order valence-corrected chi connectivity index (χ3v) is 5.07. The molecule has 0 heterocycles. The smallest absolute Gasteiger partial charge is 0.332 e. The Hall–Kier alpha value is -0.340. The first-order valence-corrected chi connectivity index (χ1v) is 9.35. The van der Waals surface area contributed by atoms with Crippen LogP contribution in [0.2, 0.25) is 0 Å². The Morgan fingerprint density at radius 2 is 1.83 bits per heavy atom. The molecule has 0 saturated heterocycles. The molecule has 0 amide bonds. The Bertz CT molecular complexity index is 368. The van der Waals surface area contributed by atoms with Gasteiger partial charge in [0, 0.05) is 0 Å². The van der Waals surface area contributed by atoms with E-state index >= 15 is 0 Å². The Kier molecular flexibility index (Phi) is 11.1. The highest BCUT2D eigenvalue weighted by Gasteiger charge is 2.31. The number of aliphatic imine (C=N–C) groups is 1. The molecule has 0 fully saturated rings. The summed E-state index contributed by atoms with van der Waals surface area (Å²) in [5.74, 6) is 0. The second kappa shape index (κ2) is 11.3. The van der Waals surface area contributed by atoms with Crippen molar-refractivity contribution in [2.45, 2.75) is 45.6 Å². The molecule has 9 heteroatoms. The fraction of sp³-hybridized carbons (Fsp3) is 0.929. The minimum absolute atomic E-state index is 0.0727. The molecule has 2 N–H and O–H groups in total. The topological polar surface area (TPSA) is 107 Å². The van der Waals surface area contributed by atoms with Gasteiger partial charge in [-0.3, -0.25) is 9.56 Å². The van der Waals surface area contributed by atoms with Gasteiger partial charge in [0.05, 0.1) is 44.8 Å². The highest BCUT2D eigenvalue weighted by molar-refractivity contribution is 7.53. The Balaban J connectivity index is 4.32. The lowest BCUT2D eigenvalue weighted by atomic mass is 10.0. The molecule has 0 radical (unpaired) electrons. The first-order chi connectivity index (χ1) is 10.7. The quantitative estimate of drug-likeness (QED) is 0.276. The highest BCUT2D eigenvalue weighted by atomic mass is 31.2. The van der Waals surface area contributed by atoms with Gasteiger partial charge in [0.15, 0.2) is 6.23 Å². The van der Waals surface area contributed by atoms with Crippen molar-refractivity contribution >= 4 is 14.3 Å². The summed E-state index contributed by atoms with van der Waals surface area (Å²) in [6.07, 6.45) is -1.64. The van der Waals surface area contributed by atoms with Crippen LogP contribution in [0.3, 0.4) is 0 Å². The average Bonchev–Trinajstić information content (AvgIpc) is 2.49. The summed E-state index contributed by atoms with van der Waals surface area (Å²) in [5.41, 5.74) is -1.00. The van der Waals surface area contributed by atoms with E-state index in [1.54, 1.807) is 27.7 Å². The third kappa shape index (κ3) is 8.91. The molecular weight excluding hydrogens is 325 g/mol. The van der Waals surface area contributed by atoms with E-state index in [0.717, 1.165) is 0 Å². The Morgan fingerprint density at radius 3 is 2.26 bits per heavy atom. The van der Waals surface area contributed by atoms with Crippen LogP contribution in [0.5, 0.6) is 0 Å². The fourth-order valence-corrected chi connectivity index (χ4v) is 3.17. The maximum atomic E-state index is 12.2. The summed E-state index contributed by atoms with van der Waals surface area (Å²) in [5, 5.41) is 18.7. The van der Waals surface area contributed by atoms with Crippen molar-refractivity contribution in [2.24, 2.45) is 4.99 Å². The number of aliphatic hydroxyl groups excluding tert-OH is 2. The predicted molar refractivity (Wildman–Crippen MR) is 88.1 cm³/mol. The maximum absolute atomic E-state index is 12.2. The van der Waals surface area contributed by atoms with Gasteiger partial charge in [-0.25, -0.2) is 0 Å². The van der Waals surface area contributed by atoms with Crippen LogP contribution in [0.4, 0.5) is 0 Å². The molecule has 138 valence electrons. The molecule has 0 aliphatic heterocycles. The van der Waals surface area contributed by atoms with E-state index in [9.17, 15) is 9.67 Å². The molecule has 0 spiro atoms. The normalized spacial score (nSPS) is 15.4. The largest absolute Gasteiger partial charge is 0.394 e. The summed E-state index contributed by atoms with van der Waals surface area (Å²) in [7, 11) is -3.13. The summed E-state index contributed by atoms with van der Waals surface area (Å²) < 4.78 is 33.5. The van der Waals surface area contributed by atoms with Gasteiger partial charge < -0.3 is 28.7 Å². The van der Waals surface area contributed by atoms with Crippen LogP contribution in [-0.2, 0) is 23.1 Å². The molecule has 0 saturated carbocycles. The lowest BCUT2D eigenvalue weighted by molar-refractivity contribution is -0.156. The van der Waals surface area contributed by atoms with E-state index in [1.807, 2.05) is 0 Å². The van der Waals surface area contributed by atoms with Crippen LogP contribution in [0.15, 0.2) is 4.99 Å². The summed E-state index contributed by atoms with van der Waals surface area (Å²) >= 11 is 0. The molecule has 0 aromatic carbocycles. The average molecular weight is 355 g/mol. The zero-order valence-corrected chi connectivity index (χ0v) is 15.3. The van der Waals surface area contributed by atoms with Crippen molar-refractivity contribution in [3.8, 4) is 0 Å². The van der Waals surface area contributed by atoms with Crippen molar-refractivity contribution in [3.05, 3.63) is 0 Å². The molecule has 8 nitrogen and oxygen atoms in total. The number of ether oxygens (including phenoxy) is 2. The van der Waals surface area contributed by atoms with Crippen molar-refractivity contribution < 1.29 is 33.3 Å². The van der Waals surface area contributed by atoms with Gasteiger partial charge in [-0.1, -0.05) is 0 Å². The van der Waals surface area contributed by atoms with E-state index in [1.165, 1.54) is 0 Å². The van der Waals surface area contributed by atoms with E-state index in [4.69, 9.17) is 23.6 Å². The maximum Gasteiger partial charge on any atom is 0.332 e. The molecule has 2 unspecified atom stereocenters. The highest BCUT2D eigenvalue weighted by Crippen LogP contribution is 2.47. The Morgan fingerprint density at radius 1 is 1.26 bits per heavy atom. The number of nitrogens with zero attached hydrogens (tertiary/aromatic N) is 1. The van der Waals surface area contributed by atoms with Crippen LogP contribution in [0.25, 0.3) is 0 Å². The van der Waals surface area contributed by atoms with E-state index in [-0.39, 0.29) is 19.4 Å². The van der Waals surface area contributed by atoms with Crippen molar-refractivity contribution in [3.63, 3.8) is 0 Å². The van der Waals surface area contributed by atoms with Crippen LogP contribution >= 0.6 is 7.60 Å². The zero-order valence-electron chi connectivity index (χ0n) is 14.4. The van der Waals surface area contributed by atoms with Crippen LogP contribution in [0, 0.1) is 0 Å². The van der Waals surface area contributed by atoms with Crippen LogP contribution < -0.4 is 0 Å². The lowest BCUT2D eigenvalue weighted by Gasteiger charge is -2.32.